The van der Waals surface area contributed by atoms with E-state index in [1.165, 1.54) is 0 Å². The van der Waals surface area contributed by atoms with E-state index in [0.717, 1.165) is 10.9 Å². The molecule has 12 heavy (non-hydrogen) atoms. The molecule has 0 atom stereocenters. The monoisotopic (exact) mass is 228 g/mol. The molecule has 0 N–H and O–H groups in total. The van der Waals surface area contributed by atoms with Crippen LogP contribution in [0.25, 0.3) is 0 Å². The lowest BCUT2D eigenvalue weighted by Crippen LogP contribution is -2.03. The molecule has 1 heterocycles. The lowest BCUT2D eigenvalue weighted by atomic mass is 10.2. The molecule has 0 aliphatic heterocycles. The van der Waals surface area contributed by atoms with Gasteiger partial charge in [0, 0.05) is 18.8 Å². The third-order valence-corrected chi connectivity index (χ3v) is 1.76. The molecule has 0 aliphatic rings. The summed E-state index contributed by atoms with van der Waals surface area (Å²) in [5.74, 6) is 0.310. The lowest BCUT2D eigenvalue weighted by molar-refractivity contribution is 0.0971. The molecule has 0 saturated carbocycles. The Morgan fingerprint density at radius 1 is 1.50 bits per heavy atom. The third-order valence-electron chi connectivity index (χ3n) is 1.35. The van der Waals surface area contributed by atoms with Gasteiger partial charge < -0.3 is 0 Å². The molecule has 1 aromatic heterocycles. The lowest BCUT2D eigenvalue weighted by Gasteiger charge is -1.95. The average molecular weight is 229 g/mol. The van der Waals surface area contributed by atoms with Crippen LogP contribution < -0.4 is 0 Å². The highest BCUT2D eigenvalue weighted by Crippen LogP contribution is 2.05. The number of carbonyl (C=O) groups excluding carboxylic acids is 1. The van der Waals surface area contributed by atoms with Crippen molar-refractivity contribution in [1.82, 2.24) is 9.97 Å². The van der Waals surface area contributed by atoms with Gasteiger partial charge in [0.2, 0.25) is 0 Å². The van der Waals surface area contributed by atoms with E-state index in [1.54, 1.807) is 12.4 Å². The number of halogens is 1. The maximum Gasteiger partial charge on any atom is 0.200 e. The first kappa shape index (κ1) is 9.32. The van der Waals surface area contributed by atoms with Gasteiger partial charge in [-0.25, -0.2) is 9.97 Å². The van der Waals surface area contributed by atoms with E-state index in [2.05, 4.69) is 25.9 Å². The van der Waals surface area contributed by atoms with Crippen LogP contribution in [0.1, 0.15) is 30.4 Å². The Morgan fingerprint density at radius 2 is 2.08 bits per heavy atom. The van der Waals surface area contributed by atoms with Crippen molar-refractivity contribution in [2.45, 2.75) is 19.8 Å². The van der Waals surface area contributed by atoms with Gasteiger partial charge in [0.15, 0.2) is 11.6 Å². The minimum Gasteiger partial charge on any atom is -0.291 e. The number of ketones is 1. The largest absolute Gasteiger partial charge is 0.291 e. The molecule has 0 unspecified atom stereocenters. The molecular formula is C8H9BrN2O. The number of rotatable bonds is 3. The number of hydrogen-bond acceptors (Lipinski definition) is 3. The van der Waals surface area contributed by atoms with Crippen molar-refractivity contribution < 1.29 is 4.79 Å². The zero-order valence-electron chi connectivity index (χ0n) is 6.75. The van der Waals surface area contributed by atoms with Crippen LogP contribution in [0.2, 0.25) is 0 Å². The summed E-state index contributed by atoms with van der Waals surface area (Å²) < 4.78 is 0.788. The first-order valence-corrected chi connectivity index (χ1v) is 4.54. The standard InChI is InChI=1S/C8H9BrN2O/c1-2-3-7(12)8-10-4-6(9)5-11-8/h4-5H,2-3H2,1H3. The summed E-state index contributed by atoms with van der Waals surface area (Å²) >= 11 is 3.20. The predicted octanol–water partition coefficient (Wildman–Crippen LogP) is 2.22. The molecule has 0 radical (unpaired) electrons. The van der Waals surface area contributed by atoms with Crippen LogP contribution in [0.15, 0.2) is 16.9 Å². The Labute approximate surface area is 79.4 Å². The highest BCUT2D eigenvalue weighted by Gasteiger charge is 2.06. The Kier molecular flexibility index (Phi) is 3.34. The second kappa shape index (κ2) is 4.30. The fourth-order valence-corrected chi connectivity index (χ4v) is 1.000. The SMILES string of the molecule is CCCC(=O)c1ncc(Br)cn1. The van der Waals surface area contributed by atoms with E-state index in [1.807, 2.05) is 6.92 Å². The molecule has 1 rings (SSSR count). The molecule has 0 saturated heterocycles. The van der Waals surface area contributed by atoms with E-state index in [4.69, 9.17) is 0 Å². The molecule has 0 fully saturated rings. The maximum absolute atomic E-state index is 11.2. The van der Waals surface area contributed by atoms with Gasteiger partial charge in [0.05, 0.1) is 4.47 Å². The van der Waals surface area contributed by atoms with Crippen molar-refractivity contribution in [2.75, 3.05) is 0 Å². The molecule has 0 aliphatic carbocycles. The summed E-state index contributed by atoms with van der Waals surface area (Å²) in [5, 5.41) is 0. The van der Waals surface area contributed by atoms with Crippen LogP contribution >= 0.6 is 15.9 Å². The Bertz CT molecular complexity index is 271. The van der Waals surface area contributed by atoms with Gasteiger partial charge in [-0.15, -0.1) is 0 Å². The molecule has 64 valence electrons. The molecule has 3 nitrogen and oxygen atoms in total. The quantitative estimate of drug-likeness (QED) is 0.746. The van der Waals surface area contributed by atoms with Gasteiger partial charge in [0.25, 0.3) is 0 Å². The number of Topliss-reactive ketones (excluding diaryl/α,β-unsaturated/α-hetero) is 1. The van der Waals surface area contributed by atoms with E-state index in [-0.39, 0.29) is 5.78 Å². The number of nitrogens with zero attached hydrogens (tertiary/aromatic N) is 2. The normalized spacial score (nSPS) is 9.83. The van der Waals surface area contributed by atoms with Crippen LogP contribution in [0, 0.1) is 0 Å². The minimum atomic E-state index is 0.00463. The van der Waals surface area contributed by atoms with Crippen molar-refractivity contribution in [3.05, 3.63) is 22.7 Å². The number of hydrogen-bond donors (Lipinski definition) is 0. The third kappa shape index (κ3) is 2.37. The smallest absolute Gasteiger partial charge is 0.200 e. The second-order valence-electron chi connectivity index (χ2n) is 2.40. The fraction of sp³-hybridized carbons (Fsp3) is 0.375. The first-order chi connectivity index (χ1) is 5.74. The number of carbonyl (C=O) groups is 1. The van der Waals surface area contributed by atoms with E-state index in [9.17, 15) is 4.79 Å². The van der Waals surface area contributed by atoms with Crippen LogP contribution in [0.4, 0.5) is 0 Å². The average Bonchev–Trinajstić information content (AvgIpc) is 2.06. The summed E-state index contributed by atoms with van der Waals surface area (Å²) in [5.41, 5.74) is 0. The Hall–Kier alpha value is -0.770. The summed E-state index contributed by atoms with van der Waals surface area (Å²) in [6, 6.07) is 0. The van der Waals surface area contributed by atoms with Gasteiger partial charge in [-0.1, -0.05) is 6.92 Å². The fourth-order valence-electron chi connectivity index (χ4n) is 0.795. The van der Waals surface area contributed by atoms with Crippen molar-refractivity contribution >= 4 is 21.7 Å². The van der Waals surface area contributed by atoms with Crippen molar-refractivity contribution in [2.24, 2.45) is 0 Å². The molecule has 1 aromatic rings. The van der Waals surface area contributed by atoms with Gasteiger partial charge >= 0.3 is 0 Å². The van der Waals surface area contributed by atoms with Crippen molar-refractivity contribution in [1.29, 1.82) is 0 Å². The van der Waals surface area contributed by atoms with Gasteiger partial charge in [-0.2, -0.15) is 0 Å². The van der Waals surface area contributed by atoms with E-state index in [0.29, 0.717) is 12.2 Å². The molecule has 0 spiro atoms. The van der Waals surface area contributed by atoms with Crippen molar-refractivity contribution in [3.8, 4) is 0 Å². The van der Waals surface area contributed by atoms with Crippen LogP contribution in [0.5, 0.6) is 0 Å². The Morgan fingerprint density at radius 3 is 2.58 bits per heavy atom. The first-order valence-electron chi connectivity index (χ1n) is 3.74. The summed E-state index contributed by atoms with van der Waals surface area (Å²) in [6.07, 6.45) is 4.51. The summed E-state index contributed by atoms with van der Waals surface area (Å²) in [7, 11) is 0. The highest BCUT2D eigenvalue weighted by atomic mass is 79.9. The van der Waals surface area contributed by atoms with Gasteiger partial charge in [0.1, 0.15) is 0 Å². The Balaban J connectivity index is 2.75. The predicted molar refractivity (Wildman–Crippen MR) is 49.0 cm³/mol. The van der Waals surface area contributed by atoms with Crippen LogP contribution in [-0.2, 0) is 0 Å². The zero-order valence-corrected chi connectivity index (χ0v) is 8.34. The highest BCUT2D eigenvalue weighted by molar-refractivity contribution is 9.10. The molecule has 4 heteroatoms. The maximum atomic E-state index is 11.2. The summed E-state index contributed by atoms with van der Waals surface area (Å²) in [6.45, 7) is 1.96. The van der Waals surface area contributed by atoms with Gasteiger partial charge in [-0.05, 0) is 22.4 Å². The van der Waals surface area contributed by atoms with Crippen molar-refractivity contribution in [3.63, 3.8) is 0 Å². The number of aromatic nitrogens is 2. The zero-order chi connectivity index (χ0) is 8.97. The minimum absolute atomic E-state index is 0.00463. The van der Waals surface area contributed by atoms with Crippen LogP contribution in [0.3, 0.4) is 0 Å². The van der Waals surface area contributed by atoms with E-state index < -0.39 is 0 Å². The molecule has 0 aromatic carbocycles. The van der Waals surface area contributed by atoms with Crippen LogP contribution in [-0.4, -0.2) is 15.8 Å². The summed E-state index contributed by atoms with van der Waals surface area (Å²) in [4.78, 5) is 19.0. The topological polar surface area (TPSA) is 42.9 Å². The molecule has 0 bridgehead atoms. The van der Waals surface area contributed by atoms with Gasteiger partial charge in [-0.3, -0.25) is 4.79 Å². The second-order valence-corrected chi connectivity index (χ2v) is 3.31. The molecular weight excluding hydrogens is 220 g/mol. The molecule has 0 amide bonds. The van der Waals surface area contributed by atoms with E-state index >= 15 is 0 Å².